The predicted molar refractivity (Wildman–Crippen MR) is 100 cm³/mol. The van der Waals surface area contributed by atoms with Crippen LogP contribution >= 0.6 is 0 Å². The third-order valence-corrected chi connectivity index (χ3v) is 4.49. The fourth-order valence-electron chi connectivity index (χ4n) is 3.04. The van der Waals surface area contributed by atoms with Crippen molar-refractivity contribution in [3.8, 4) is 0 Å². The molecule has 0 aromatic carbocycles. The molecule has 0 aromatic heterocycles. The molecule has 0 unspecified atom stereocenters. The van der Waals surface area contributed by atoms with Crippen molar-refractivity contribution in [1.82, 2.24) is 21.0 Å². The molecule has 1 aliphatic heterocycles. The van der Waals surface area contributed by atoms with Crippen LogP contribution in [0.15, 0.2) is 5.11 Å². The summed E-state index contributed by atoms with van der Waals surface area (Å²) in [7, 11) is 0. The fraction of sp³-hybridized carbons (Fsp3) is 0.750. The summed E-state index contributed by atoms with van der Waals surface area (Å²) in [5.74, 6) is 3.27. The van der Waals surface area contributed by atoms with Gasteiger partial charge in [0.1, 0.15) is 24.7 Å². The molecule has 1 aliphatic rings. The van der Waals surface area contributed by atoms with Crippen LogP contribution in [0.4, 0.5) is 0 Å². The third-order valence-electron chi connectivity index (χ3n) is 4.49. The second-order valence-electron chi connectivity index (χ2n) is 6.58. The number of nitrogens with zero attached hydrogens (tertiary/aromatic N) is 4. The summed E-state index contributed by atoms with van der Waals surface area (Å²) < 4.78 is 0. The van der Waals surface area contributed by atoms with E-state index >= 15 is 0 Å². The minimum Gasteiger partial charge on any atom is -0.344 e. The number of hydrogen-bond acceptors (Lipinski definition) is 6. The van der Waals surface area contributed by atoms with Crippen molar-refractivity contribution in [2.45, 2.75) is 64.1 Å². The van der Waals surface area contributed by atoms with Gasteiger partial charge < -0.3 is 15.5 Å². The zero-order valence-electron chi connectivity index (χ0n) is 16.2. The molecule has 0 aliphatic carbocycles. The van der Waals surface area contributed by atoms with E-state index in [1.54, 1.807) is 0 Å². The Morgan fingerprint density at radius 3 is 2.64 bits per heavy atom. The van der Waals surface area contributed by atoms with Gasteiger partial charge in [-0.05, 0) is 31.7 Å². The van der Waals surface area contributed by atoms with Gasteiger partial charge in [-0.1, -0.05) is 24.9 Å². The standard InChI is InChI=1S/C16H28N8O4/c1-3-4-6-11(14(26)22-17)21-15(27)12-7-5-8-24(12)16(28)10(2)20-13(25)9-19-23-18/h10-12H,3-9,17H2,1-2H3,(H,20,25)(H,21,27)(H,22,26)/t10-,11-,12-/m0/s1. The SMILES string of the molecule is CCCC[C@H](NC(=O)[C@@H]1CCCN1C(=O)[C@H](C)NC(=O)CN=[N+]=[N-])C(=O)NN. The second kappa shape index (κ2) is 11.8. The first-order chi connectivity index (χ1) is 13.3. The van der Waals surface area contributed by atoms with Gasteiger partial charge in [0, 0.05) is 11.5 Å². The average Bonchev–Trinajstić information content (AvgIpc) is 3.17. The molecule has 1 fully saturated rings. The van der Waals surface area contributed by atoms with Gasteiger partial charge in [0.15, 0.2) is 0 Å². The van der Waals surface area contributed by atoms with Crippen LogP contribution in [0.3, 0.4) is 0 Å². The number of nitrogens with two attached hydrogens (primary N) is 1. The molecule has 28 heavy (non-hydrogen) atoms. The van der Waals surface area contributed by atoms with E-state index in [1.165, 1.54) is 11.8 Å². The summed E-state index contributed by atoms with van der Waals surface area (Å²) >= 11 is 0. The van der Waals surface area contributed by atoms with Crippen molar-refractivity contribution in [3.63, 3.8) is 0 Å². The smallest absolute Gasteiger partial charge is 0.256 e. The molecule has 4 amide bonds. The lowest BCUT2D eigenvalue weighted by Crippen LogP contribution is -2.56. The van der Waals surface area contributed by atoms with Gasteiger partial charge in [-0.25, -0.2) is 5.84 Å². The maximum absolute atomic E-state index is 12.7. The molecule has 5 N–H and O–H groups in total. The lowest BCUT2D eigenvalue weighted by atomic mass is 10.1. The molecule has 0 aromatic rings. The Morgan fingerprint density at radius 1 is 1.32 bits per heavy atom. The number of amides is 4. The van der Waals surface area contributed by atoms with Gasteiger partial charge in [-0.3, -0.25) is 24.6 Å². The van der Waals surface area contributed by atoms with E-state index in [-0.39, 0.29) is 0 Å². The van der Waals surface area contributed by atoms with Gasteiger partial charge >= 0.3 is 0 Å². The number of carbonyl (C=O) groups excluding carboxylic acids is 4. The zero-order chi connectivity index (χ0) is 21.1. The number of rotatable bonds is 10. The lowest BCUT2D eigenvalue weighted by molar-refractivity contribution is -0.141. The maximum atomic E-state index is 12.7. The van der Waals surface area contributed by atoms with Crippen molar-refractivity contribution < 1.29 is 19.2 Å². The van der Waals surface area contributed by atoms with Crippen LogP contribution in [-0.2, 0) is 19.2 Å². The van der Waals surface area contributed by atoms with E-state index in [2.05, 4.69) is 20.7 Å². The minimum absolute atomic E-state index is 0.371. The van der Waals surface area contributed by atoms with Crippen molar-refractivity contribution in [1.29, 1.82) is 0 Å². The molecular weight excluding hydrogens is 368 g/mol. The average molecular weight is 396 g/mol. The zero-order valence-corrected chi connectivity index (χ0v) is 16.2. The molecule has 12 nitrogen and oxygen atoms in total. The second-order valence-corrected chi connectivity index (χ2v) is 6.58. The third kappa shape index (κ3) is 6.71. The highest BCUT2D eigenvalue weighted by atomic mass is 16.2. The number of likely N-dealkylation sites (tertiary alicyclic amines) is 1. The maximum Gasteiger partial charge on any atom is 0.256 e. The summed E-state index contributed by atoms with van der Waals surface area (Å²) in [5, 5.41) is 8.25. The van der Waals surface area contributed by atoms with Gasteiger partial charge in [-0.2, -0.15) is 0 Å². The Kier molecular flexibility index (Phi) is 9.75. The molecular formula is C16H28N8O4. The summed E-state index contributed by atoms with van der Waals surface area (Å²) in [6.45, 7) is 3.42. The number of nitrogens with one attached hydrogen (secondary N) is 3. The van der Waals surface area contributed by atoms with Crippen molar-refractivity contribution >= 4 is 23.6 Å². The van der Waals surface area contributed by atoms with Gasteiger partial charge in [-0.15, -0.1) is 0 Å². The molecule has 0 bridgehead atoms. The van der Waals surface area contributed by atoms with Gasteiger partial charge in [0.25, 0.3) is 5.91 Å². The van der Waals surface area contributed by atoms with E-state index in [0.29, 0.717) is 25.8 Å². The fourth-order valence-corrected chi connectivity index (χ4v) is 3.04. The Labute approximate surface area is 163 Å². The highest BCUT2D eigenvalue weighted by Gasteiger charge is 2.37. The highest BCUT2D eigenvalue weighted by molar-refractivity contribution is 5.94. The first-order valence-corrected chi connectivity index (χ1v) is 9.27. The summed E-state index contributed by atoms with van der Waals surface area (Å²) in [6, 6.07) is -2.37. The molecule has 0 spiro atoms. The molecule has 12 heteroatoms. The van der Waals surface area contributed by atoms with E-state index in [4.69, 9.17) is 11.4 Å². The summed E-state index contributed by atoms with van der Waals surface area (Å²) in [5.41, 5.74) is 10.3. The Morgan fingerprint density at radius 2 is 2.04 bits per heavy atom. The van der Waals surface area contributed by atoms with Crippen LogP contribution < -0.4 is 21.9 Å². The van der Waals surface area contributed by atoms with Crippen LogP contribution in [0.1, 0.15) is 46.0 Å². The van der Waals surface area contributed by atoms with Crippen LogP contribution in [0.5, 0.6) is 0 Å². The number of hydrazine groups is 1. The number of hydrogen-bond donors (Lipinski definition) is 4. The minimum atomic E-state index is -0.877. The van der Waals surface area contributed by atoms with E-state index in [0.717, 1.165) is 12.8 Å². The largest absolute Gasteiger partial charge is 0.344 e. The molecule has 0 saturated carbocycles. The molecule has 1 heterocycles. The molecule has 0 radical (unpaired) electrons. The highest BCUT2D eigenvalue weighted by Crippen LogP contribution is 2.19. The van der Waals surface area contributed by atoms with E-state index < -0.39 is 48.3 Å². The summed E-state index contributed by atoms with van der Waals surface area (Å²) in [6.07, 6.45) is 3.12. The Balaban J connectivity index is 2.74. The molecule has 156 valence electrons. The normalized spacial score (nSPS) is 17.8. The van der Waals surface area contributed by atoms with Crippen molar-refractivity contribution in [2.75, 3.05) is 13.1 Å². The van der Waals surface area contributed by atoms with Crippen LogP contribution in [-0.4, -0.2) is 59.7 Å². The lowest BCUT2D eigenvalue weighted by Gasteiger charge is -2.28. The van der Waals surface area contributed by atoms with Crippen molar-refractivity contribution in [2.24, 2.45) is 11.0 Å². The van der Waals surface area contributed by atoms with E-state index in [1.807, 2.05) is 12.3 Å². The first kappa shape index (κ1) is 23.2. The molecule has 1 saturated heterocycles. The van der Waals surface area contributed by atoms with Crippen LogP contribution in [0, 0.1) is 0 Å². The van der Waals surface area contributed by atoms with Crippen molar-refractivity contribution in [3.05, 3.63) is 10.4 Å². The quantitative estimate of drug-likeness (QED) is 0.0963. The van der Waals surface area contributed by atoms with Crippen LogP contribution in [0.2, 0.25) is 0 Å². The first-order valence-electron chi connectivity index (χ1n) is 9.27. The predicted octanol–water partition coefficient (Wildman–Crippen LogP) is -0.543. The van der Waals surface area contributed by atoms with E-state index in [9.17, 15) is 19.2 Å². The Bertz CT molecular complexity index is 634. The number of azide groups is 1. The number of unbranched alkanes of at least 4 members (excludes halogenated alkanes) is 1. The number of carbonyl (C=O) groups is 4. The monoisotopic (exact) mass is 396 g/mol. The van der Waals surface area contributed by atoms with Crippen LogP contribution in [0.25, 0.3) is 10.4 Å². The van der Waals surface area contributed by atoms with Gasteiger partial charge in [0.2, 0.25) is 17.7 Å². The Hall–Kier alpha value is -2.85. The molecule has 3 atom stereocenters. The molecule has 1 rings (SSSR count). The van der Waals surface area contributed by atoms with Gasteiger partial charge in [0.05, 0.1) is 0 Å². The topological polar surface area (TPSA) is 182 Å². The summed E-state index contributed by atoms with van der Waals surface area (Å²) in [4.78, 5) is 52.7.